The van der Waals surface area contributed by atoms with Crippen LogP contribution in [0.4, 0.5) is 5.69 Å². The summed E-state index contributed by atoms with van der Waals surface area (Å²) in [5.74, 6) is -0.291. The molecule has 4 aromatic heterocycles. The van der Waals surface area contributed by atoms with Gasteiger partial charge in [0.15, 0.2) is 0 Å². The fourth-order valence-electron chi connectivity index (χ4n) is 3.85. The second-order valence-electron chi connectivity index (χ2n) is 7.08. The molecule has 8 heteroatoms. The first-order valence-corrected chi connectivity index (χ1v) is 9.47. The van der Waals surface area contributed by atoms with Crippen molar-refractivity contribution in [2.24, 2.45) is 5.73 Å². The fourth-order valence-corrected chi connectivity index (χ4v) is 3.85. The van der Waals surface area contributed by atoms with Gasteiger partial charge in [-0.2, -0.15) is 5.10 Å². The van der Waals surface area contributed by atoms with E-state index in [1.807, 2.05) is 35.2 Å². The number of pyridine rings is 3. The lowest BCUT2D eigenvalue weighted by atomic mass is 10.1. The van der Waals surface area contributed by atoms with E-state index >= 15 is 0 Å². The number of rotatable bonds is 4. The lowest BCUT2D eigenvalue weighted by Crippen LogP contribution is -2.40. The van der Waals surface area contributed by atoms with E-state index in [4.69, 9.17) is 5.73 Å². The third-order valence-electron chi connectivity index (χ3n) is 5.31. The molecule has 8 nitrogen and oxygen atoms in total. The molecule has 5 heterocycles. The molecule has 1 aliphatic rings. The molecule has 144 valence electrons. The second kappa shape index (κ2) is 6.97. The Morgan fingerprint density at radius 3 is 2.79 bits per heavy atom. The third-order valence-corrected chi connectivity index (χ3v) is 5.31. The van der Waals surface area contributed by atoms with Gasteiger partial charge in [0, 0.05) is 29.9 Å². The van der Waals surface area contributed by atoms with Gasteiger partial charge < -0.3 is 10.6 Å². The van der Waals surface area contributed by atoms with E-state index in [9.17, 15) is 4.79 Å². The Morgan fingerprint density at radius 1 is 1.14 bits per heavy atom. The van der Waals surface area contributed by atoms with Crippen molar-refractivity contribution >= 4 is 22.5 Å². The molecule has 0 radical (unpaired) electrons. The Morgan fingerprint density at radius 2 is 2.03 bits per heavy atom. The van der Waals surface area contributed by atoms with Crippen LogP contribution in [0.25, 0.3) is 33.5 Å². The van der Waals surface area contributed by atoms with Crippen LogP contribution in [0.5, 0.6) is 0 Å². The first kappa shape index (κ1) is 17.3. The minimum absolute atomic E-state index is 0.262. The van der Waals surface area contributed by atoms with Gasteiger partial charge in [-0.3, -0.25) is 24.8 Å². The number of nitrogens with one attached hydrogen (secondary N) is 1. The number of hydrogen-bond acceptors (Lipinski definition) is 6. The van der Waals surface area contributed by atoms with Gasteiger partial charge in [-0.25, -0.2) is 0 Å². The lowest BCUT2D eigenvalue weighted by molar-refractivity contribution is -0.119. The second-order valence-corrected chi connectivity index (χ2v) is 7.08. The monoisotopic (exact) mass is 385 g/mol. The summed E-state index contributed by atoms with van der Waals surface area (Å²) < 4.78 is 0. The molecule has 1 atom stereocenters. The smallest absolute Gasteiger partial charge is 0.240 e. The van der Waals surface area contributed by atoms with Gasteiger partial charge >= 0.3 is 0 Å². The van der Waals surface area contributed by atoms with Crippen LogP contribution >= 0.6 is 0 Å². The molecule has 29 heavy (non-hydrogen) atoms. The Kier molecular flexibility index (Phi) is 4.16. The number of amides is 1. The first-order chi connectivity index (χ1) is 14.2. The van der Waals surface area contributed by atoms with E-state index in [2.05, 4.69) is 25.1 Å². The molecule has 1 saturated heterocycles. The van der Waals surface area contributed by atoms with Crippen LogP contribution in [0.1, 0.15) is 12.8 Å². The van der Waals surface area contributed by atoms with Crippen LogP contribution in [-0.4, -0.2) is 43.6 Å². The minimum atomic E-state index is -0.291. The van der Waals surface area contributed by atoms with Crippen LogP contribution < -0.4 is 10.6 Å². The molecule has 4 aromatic rings. The minimum Gasteiger partial charge on any atom is -0.368 e. The Labute approximate surface area is 166 Å². The predicted molar refractivity (Wildman–Crippen MR) is 110 cm³/mol. The van der Waals surface area contributed by atoms with Crippen LogP contribution in [0.3, 0.4) is 0 Å². The molecular weight excluding hydrogens is 366 g/mol. The van der Waals surface area contributed by atoms with Crippen LogP contribution in [0.15, 0.2) is 55.1 Å². The molecular formula is C21H19N7O. The van der Waals surface area contributed by atoms with Gasteiger partial charge in [-0.1, -0.05) is 0 Å². The molecule has 0 saturated carbocycles. The summed E-state index contributed by atoms with van der Waals surface area (Å²) in [5.41, 5.74) is 10.5. The maximum absolute atomic E-state index is 11.7. The number of nitrogens with zero attached hydrogens (tertiary/aromatic N) is 5. The van der Waals surface area contributed by atoms with Crippen molar-refractivity contribution in [3.05, 3.63) is 55.1 Å². The van der Waals surface area contributed by atoms with E-state index in [1.165, 1.54) is 0 Å². The third kappa shape index (κ3) is 3.08. The predicted octanol–water partition coefficient (Wildman–Crippen LogP) is 2.54. The number of primary amides is 1. The van der Waals surface area contributed by atoms with Crippen LogP contribution in [0, 0.1) is 0 Å². The highest BCUT2D eigenvalue weighted by Crippen LogP contribution is 2.30. The van der Waals surface area contributed by atoms with Gasteiger partial charge in [0.05, 0.1) is 35.0 Å². The summed E-state index contributed by atoms with van der Waals surface area (Å²) in [6.07, 6.45) is 8.80. The summed E-state index contributed by atoms with van der Waals surface area (Å²) in [7, 11) is 0. The topological polar surface area (TPSA) is 114 Å². The molecule has 0 aromatic carbocycles. The molecule has 0 spiro atoms. The highest BCUT2D eigenvalue weighted by molar-refractivity contribution is 5.93. The normalized spacial score (nSPS) is 16.4. The summed E-state index contributed by atoms with van der Waals surface area (Å²) in [4.78, 5) is 26.9. The van der Waals surface area contributed by atoms with Crippen molar-refractivity contribution in [3.63, 3.8) is 0 Å². The largest absolute Gasteiger partial charge is 0.368 e. The Hall–Kier alpha value is -3.81. The fraction of sp³-hybridized carbons (Fsp3) is 0.190. The number of H-pyrrole nitrogens is 1. The standard InChI is InChI=1S/C21H19N7O/c22-21(29)19-4-2-8-28(19)14-5-6-16(24-11-14)20-15-9-17(13-3-1-7-23-10-13)25-12-18(15)26-27-20/h1,3,5-7,9-12,19H,2,4,8H2,(H2,22,29)(H,26,27). The molecule has 1 aliphatic heterocycles. The number of nitrogens with two attached hydrogens (primary N) is 1. The number of hydrogen-bond donors (Lipinski definition) is 2. The average Bonchev–Trinajstić information content (AvgIpc) is 3.41. The average molecular weight is 385 g/mol. The van der Waals surface area contributed by atoms with E-state index in [1.54, 1.807) is 24.8 Å². The molecule has 0 bridgehead atoms. The number of carbonyl (C=O) groups excluding carboxylic acids is 1. The molecule has 1 fully saturated rings. The summed E-state index contributed by atoms with van der Waals surface area (Å²) in [6, 6.07) is 9.47. The van der Waals surface area contributed by atoms with E-state index < -0.39 is 0 Å². The van der Waals surface area contributed by atoms with E-state index in [0.29, 0.717) is 0 Å². The quantitative estimate of drug-likeness (QED) is 0.558. The number of aromatic amines is 1. The van der Waals surface area contributed by atoms with Crippen molar-refractivity contribution in [3.8, 4) is 22.6 Å². The Bertz CT molecular complexity index is 1170. The molecule has 3 N–H and O–H groups in total. The molecule has 5 rings (SSSR count). The molecule has 0 aliphatic carbocycles. The van der Waals surface area contributed by atoms with Gasteiger partial charge in [0.2, 0.25) is 5.91 Å². The van der Waals surface area contributed by atoms with Crippen molar-refractivity contribution in [1.82, 2.24) is 25.1 Å². The number of aromatic nitrogens is 5. The van der Waals surface area contributed by atoms with Crippen molar-refractivity contribution in [2.75, 3.05) is 11.4 Å². The van der Waals surface area contributed by atoms with Crippen molar-refractivity contribution in [2.45, 2.75) is 18.9 Å². The van der Waals surface area contributed by atoms with Gasteiger partial charge in [-0.05, 0) is 43.2 Å². The molecule has 1 amide bonds. The van der Waals surface area contributed by atoms with Gasteiger partial charge in [0.25, 0.3) is 0 Å². The number of carbonyl (C=O) groups is 1. The van der Waals surface area contributed by atoms with Gasteiger partial charge in [-0.15, -0.1) is 0 Å². The zero-order valence-corrected chi connectivity index (χ0v) is 15.6. The summed E-state index contributed by atoms with van der Waals surface area (Å²) in [5, 5.41) is 8.40. The van der Waals surface area contributed by atoms with Crippen LogP contribution in [0.2, 0.25) is 0 Å². The van der Waals surface area contributed by atoms with Gasteiger partial charge in [0.1, 0.15) is 11.7 Å². The van der Waals surface area contributed by atoms with Crippen LogP contribution in [-0.2, 0) is 4.79 Å². The van der Waals surface area contributed by atoms with Crippen molar-refractivity contribution in [1.29, 1.82) is 0 Å². The first-order valence-electron chi connectivity index (χ1n) is 9.47. The number of fused-ring (bicyclic) bond motifs is 1. The molecule has 1 unspecified atom stereocenters. The summed E-state index contributed by atoms with van der Waals surface area (Å²) in [6.45, 7) is 0.806. The zero-order chi connectivity index (χ0) is 19.8. The SMILES string of the molecule is NC(=O)C1CCCN1c1ccc(-c2n[nH]c3cnc(-c4cccnc4)cc23)nc1. The zero-order valence-electron chi connectivity index (χ0n) is 15.6. The number of anilines is 1. The lowest BCUT2D eigenvalue weighted by Gasteiger charge is -2.24. The highest BCUT2D eigenvalue weighted by Gasteiger charge is 2.29. The van der Waals surface area contributed by atoms with E-state index in [-0.39, 0.29) is 11.9 Å². The van der Waals surface area contributed by atoms with E-state index in [0.717, 1.165) is 58.6 Å². The maximum atomic E-state index is 11.7. The highest BCUT2D eigenvalue weighted by atomic mass is 16.1. The maximum Gasteiger partial charge on any atom is 0.240 e. The summed E-state index contributed by atoms with van der Waals surface area (Å²) >= 11 is 0. The Balaban J connectivity index is 1.50. The van der Waals surface area contributed by atoms with Crippen molar-refractivity contribution < 1.29 is 4.79 Å².